The fourth-order valence-electron chi connectivity index (χ4n) is 2.88. The molecule has 2 saturated heterocycles. The Labute approximate surface area is 140 Å². The lowest BCUT2D eigenvalue weighted by Crippen LogP contribution is -2.71. The monoisotopic (exact) mass is 415 g/mol. The van der Waals surface area contributed by atoms with Crippen molar-refractivity contribution in [2.45, 2.75) is 39.5 Å². The Hall–Kier alpha value is -0.850. The molecule has 1 N–H and O–H groups in total. The smallest absolute Gasteiger partial charge is 0.246 e. The van der Waals surface area contributed by atoms with Crippen molar-refractivity contribution < 1.29 is 9.90 Å². The summed E-state index contributed by atoms with van der Waals surface area (Å²) in [4.78, 5) is 18.2. The van der Waals surface area contributed by atoms with E-state index in [1.165, 1.54) is 0 Å². The molecule has 4 atom stereocenters. The summed E-state index contributed by atoms with van der Waals surface area (Å²) in [6.07, 6.45) is 2.28. The maximum Gasteiger partial charge on any atom is 0.246 e. The van der Waals surface area contributed by atoms with Gasteiger partial charge in [0.05, 0.1) is 6.07 Å². The molecule has 21 heavy (non-hydrogen) atoms. The number of hydrogen-bond acceptors (Lipinski definition) is 5. The first-order chi connectivity index (χ1) is 9.84. The van der Waals surface area contributed by atoms with Crippen LogP contribution in [0.3, 0.4) is 0 Å². The Balaban J connectivity index is 1.95. The molecule has 1 amide bonds. The normalized spacial score (nSPS) is 34.8. The Bertz CT molecular complexity index is 633. The summed E-state index contributed by atoms with van der Waals surface area (Å²) in [5, 5.41) is 19.8. The highest BCUT2D eigenvalue weighted by Crippen LogP contribution is 2.61. The van der Waals surface area contributed by atoms with Crippen LogP contribution in [-0.2, 0) is 4.79 Å². The van der Waals surface area contributed by atoms with Crippen LogP contribution in [0.2, 0.25) is 0 Å². The van der Waals surface area contributed by atoms with Gasteiger partial charge >= 0.3 is 0 Å². The molecule has 0 radical (unpaired) electrons. The molecule has 2 fully saturated rings. The number of nitriles is 1. The molecule has 3 heterocycles. The average molecular weight is 415 g/mol. The zero-order valence-corrected chi connectivity index (χ0v) is 14.5. The summed E-state index contributed by atoms with van der Waals surface area (Å²) in [6.45, 7) is 3.93. The molecule has 110 valence electrons. The van der Waals surface area contributed by atoms with E-state index in [4.69, 9.17) is 0 Å². The SMILES string of the molecule is CC1(C)SC2N(C(=O)C2(I)C(O)c2cccnc2)C1C#N. The van der Waals surface area contributed by atoms with E-state index in [-0.39, 0.29) is 16.0 Å². The summed E-state index contributed by atoms with van der Waals surface area (Å²) in [7, 11) is 0. The summed E-state index contributed by atoms with van der Waals surface area (Å²) >= 11 is 3.62. The van der Waals surface area contributed by atoms with Gasteiger partial charge < -0.3 is 10.0 Å². The minimum Gasteiger partial charge on any atom is -0.386 e. The van der Waals surface area contributed by atoms with Crippen LogP contribution < -0.4 is 0 Å². The molecule has 0 aliphatic carbocycles. The molecule has 3 rings (SSSR count). The molecule has 0 saturated carbocycles. The minimum atomic E-state index is -0.936. The minimum absolute atomic E-state index is 0.172. The second kappa shape index (κ2) is 4.83. The van der Waals surface area contributed by atoms with E-state index in [2.05, 4.69) is 11.1 Å². The number of pyridine rings is 1. The largest absolute Gasteiger partial charge is 0.386 e. The number of amides is 1. The van der Waals surface area contributed by atoms with Crippen molar-refractivity contribution in [3.8, 4) is 6.07 Å². The number of alkyl halides is 1. The Morgan fingerprint density at radius 1 is 1.62 bits per heavy atom. The van der Waals surface area contributed by atoms with E-state index in [1.54, 1.807) is 41.2 Å². The Morgan fingerprint density at radius 3 is 2.90 bits per heavy atom. The molecule has 0 bridgehead atoms. The van der Waals surface area contributed by atoms with Crippen LogP contribution in [0.25, 0.3) is 0 Å². The van der Waals surface area contributed by atoms with E-state index in [9.17, 15) is 15.2 Å². The fraction of sp³-hybridized carbons (Fsp3) is 0.500. The van der Waals surface area contributed by atoms with Crippen molar-refractivity contribution >= 4 is 40.3 Å². The van der Waals surface area contributed by atoms with Gasteiger partial charge in [-0.05, 0) is 19.9 Å². The van der Waals surface area contributed by atoms with Gasteiger partial charge in [0.2, 0.25) is 5.91 Å². The van der Waals surface area contributed by atoms with Gasteiger partial charge in [0.25, 0.3) is 0 Å². The van der Waals surface area contributed by atoms with Crippen molar-refractivity contribution in [1.82, 2.24) is 9.88 Å². The van der Waals surface area contributed by atoms with Crippen molar-refractivity contribution in [3.63, 3.8) is 0 Å². The molecule has 0 aromatic carbocycles. The first-order valence-electron chi connectivity index (χ1n) is 6.51. The van der Waals surface area contributed by atoms with Gasteiger partial charge in [0.1, 0.15) is 17.5 Å². The first kappa shape index (κ1) is 15.1. The van der Waals surface area contributed by atoms with Gasteiger partial charge in [0, 0.05) is 22.7 Å². The lowest BCUT2D eigenvalue weighted by Gasteiger charge is -2.51. The number of carbonyl (C=O) groups is 1. The number of aliphatic hydroxyl groups excluding tert-OH is 1. The Kier molecular flexibility index (Phi) is 3.46. The second-order valence-electron chi connectivity index (χ2n) is 5.77. The van der Waals surface area contributed by atoms with E-state index >= 15 is 0 Å². The highest BCUT2D eigenvalue weighted by molar-refractivity contribution is 14.1. The van der Waals surface area contributed by atoms with Crippen LogP contribution >= 0.6 is 34.4 Å². The van der Waals surface area contributed by atoms with Crippen LogP contribution in [-0.4, -0.2) is 40.5 Å². The highest BCUT2D eigenvalue weighted by Gasteiger charge is 2.71. The fourth-order valence-corrected chi connectivity index (χ4v) is 5.80. The van der Waals surface area contributed by atoms with Gasteiger partial charge in [-0.2, -0.15) is 5.26 Å². The topological polar surface area (TPSA) is 77.2 Å². The van der Waals surface area contributed by atoms with E-state index in [0.29, 0.717) is 5.56 Å². The number of β-lactam (4-membered cyclic amide) rings is 1. The molecular weight excluding hydrogens is 401 g/mol. The van der Waals surface area contributed by atoms with Crippen LogP contribution in [0.4, 0.5) is 0 Å². The molecule has 4 unspecified atom stereocenters. The molecule has 0 spiro atoms. The molecule has 2 aliphatic rings. The van der Waals surface area contributed by atoms with E-state index < -0.39 is 15.6 Å². The van der Waals surface area contributed by atoms with Crippen molar-refractivity contribution in [1.29, 1.82) is 5.26 Å². The number of carbonyl (C=O) groups excluding carboxylic acids is 1. The summed E-state index contributed by atoms with van der Waals surface area (Å²) in [5.41, 5.74) is 0.624. The predicted octanol–water partition coefficient (Wildman–Crippen LogP) is 1.87. The number of hydrogen-bond donors (Lipinski definition) is 1. The molecular formula is C14H14IN3O2S. The van der Waals surface area contributed by atoms with Gasteiger partial charge in [0.15, 0.2) is 3.42 Å². The predicted molar refractivity (Wildman–Crippen MR) is 87.7 cm³/mol. The van der Waals surface area contributed by atoms with Gasteiger partial charge in [-0.15, -0.1) is 11.8 Å². The van der Waals surface area contributed by atoms with Crippen LogP contribution in [0, 0.1) is 11.3 Å². The quantitative estimate of drug-likeness (QED) is 0.454. The van der Waals surface area contributed by atoms with Crippen LogP contribution in [0.15, 0.2) is 24.5 Å². The third-order valence-corrected chi connectivity index (χ3v) is 7.76. The molecule has 5 nitrogen and oxygen atoms in total. The number of halogens is 1. The number of aliphatic hydroxyl groups is 1. The number of fused-ring (bicyclic) bond motifs is 1. The second-order valence-corrected chi connectivity index (χ2v) is 9.29. The third kappa shape index (κ3) is 1.92. The molecule has 1 aromatic rings. The van der Waals surface area contributed by atoms with Gasteiger partial charge in [-0.3, -0.25) is 9.78 Å². The highest BCUT2D eigenvalue weighted by atomic mass is 127. The molecule has 2 aliphatic heterocycles. The van der Waals surface area contributed by atoms with Crippen LogP contribution in [0.5, 0.6) is 0 Å². The van der Waals surface area contributed by atoms with Gasteiger partial charge in [-0.25, -0.2) is 0 Å². The third-order valence-electron chi connectivity index (χ3n) is 4.05. The van der Waals surface area contributed by atoms with Crippen molar-refractivity contribution in [2.24, 2.45) is 0 Å². The number of nitrogens with zero attached hydrogens (tertiary/aromatic N) is 3. The Morgan fingerprint density at radius 2 is 2.33 bits per heavy atom. The summed E-state index contributed by atoms with van der Waals surface area (Å²) in [5.74, 6) is -0.172. The zero-order valence-electron chi connectivity index (χ0n) is 11.5. The number of thioether (sulfide) groups is 1. The standard InChI is InChI=1S/C14H14IN3O2S/c1-13(2)9(6-16)18-11(20)14(15,12(18)21-13)10(19)8-4-3-5-17-7-8/h3-5,7,9-10,12,19H,1-2H3. The summed E-state index contributed by atoms with van der Waals surface area (Å²) < 4.78 is -1.27. The van der Waals surface area contributed by atoms with Crippen molar-refractivity contribution in [3.05, 3.63) is 30.1 Å². The van der Waals surface area contributed by atoms with Crippen LogP contribution in [0.1, 0.15) is 25.5 Å². The van der Waals surface area contributed by atoms with Crippen molar-refractivity contribution in [2.75, 3.05) is 0 Å². The van der Waals surface area contributed by atoms with E-state index in [1.807, 2.05) is 36.4 Å². The molecule has 1 aromatic heterocycles. The maximum absolute atomic E-state index is 12.6. The average Bonchev–Trinajstić information content (AvgIpc) is 2.75. The molecule has 7 heteroatoms. The lowest BCUT2D eigenvalue weighted by atomic mass is 9.85. The maximum atomic E-state index is 12.6. The van der Waals surface area contributed by atoms with E-state index in [0.717, 1.165) is 0 Å². The van der Waals surface area contributed by atoms with Gasteiger partial charge in [-0.1, -0.05) is 28.7 Å². The number of rotatable bonds is 2. The lowest BCUT2D eigenvalue weighted by molar-refractivity contribution is -0.152. The zero-order chi connectivity index (χ0) is 15.4. The number of aromatic nitrogens is 1. The summed E-state index contributed by atoms with van der Waals surface area (Å²) in [6, 6.07) is 5.27. The first-order valence-corrected chi connectivity index (χ1v) is 8.47.